The standard InChI is InChI=1S/C25H24F4N4O3S/c1-2-36-24(35)22-19(16-3-6-18(26)7-4-16)15-37-23(22)31-21(34)14-32-9-11-33(12-10-32)20-8-5-17(13-30-20)25(27,28)29/h3-8,13,15H,2,9-12,14H2,1H3,(H,31,34). The van der Waals surface area contributed by atoms with Crippen LogP contribution < -0.4 is 10.2 Å². The number of hydrogen-bond donors (Lipinski definition) is 1. The summed E-state index contributed by atoms with van der Waals surface area (Å²) in [6, 6.07) is 8.04. The molecule has 1 N–H and O–H groups in total. The second-order valence-corrected chi connectivity index (χ2v) is 9.17. The van der Waals surface area contributed by atoms with Crippen molar-refractivity contribution in [3.05, 3.63) is 64.9 Å². The van der Waals surface area contributed by atoms with Crippen LogP contribution in [0.1, 0.15) is 22.8 Å². The summed E-state index contributed by atoms with van der Waals surface area (Å²) >= 11 is 1.18. The van der Waals surface area contributed by atoms with Crippen LogP contribution in [-0.4, -0.2) is 61.1 Å². The van der Waals surface area contributed by atoms with Crippen molar-refractivity contribution in [3.63, 3.8) is 0 Å². The number of alkyl halides is 3. The smallest absolute Gasteiger partial charge is 0.417 e. The number of nitrogens with zero attached hydrogens (tertiary/aromatic N) is 3. The quantitative estimate of drug-likeness (QED) is 0.342. The number of aromatic nitrogens is 1. The average molecular weight is 537 g/mol. The number of hydrogen-bond acceptors (Lipinski definition) is 7. The zero-order chi connectivity index (χ0) is 26.6. The zero-order valence-electron chi connectivity index (χ0n) is 19.8. The number of nitrogens with one attached hydrogen (secondary N) is 1. The molecule has 1 saturated heterocycles. The summed E-state index contributed by atoms with van der Waals surface area (Å²) in [6.45, 7) is 3.91. The Morgan fingerprint density at radius 2 is 1.78 bits per heavy atom. The van der Waals surface area contributed by atoms with Gasteiger partial charge in [-0.05, 0) is 36.8 Å². The zero-order valence-corrected chi connectivity index (χ0v) is 20.7. The minimum absolute atomic E-state index is 0.0698. The Morgan fingerprint density at radius 3 is 2.38 bits per heavy atom. The SMILES string of the molecule is CCOC(=O)c1c(-c2ccc(F)cc2)csc1NC(=O)CN1CCN(c2ccc(C(F)(F)F)cn2)CC1. The number of thiophene rings is 1. The molecular formula is C25H24F4N4O3S. The number of pyridine rings is 1. The molecule has 12 heteroatoms. The Balaban J connectivity index is 1.38. The van der Waals surface area contributed by atoms with Gasteiger partial charge in [0.05, 0.1) is 18.7 Å². The summed E-state index contributed by atoms with van der Waals surface area (Å²) < 4.78 is 56.8. The number of piperazine rings is 1. The molecule has 0 atom stereocenters. The van der Waals surface area contributed by atoms with Gasteiger partial charge in [0.25, 0.3) is 0 Å². The van der Waals surface area contributed by atoms with E-state index in [1.54, 1.807) is 24.4 Å². The minimum atomic E-state index is -4.44. The topological polar surface area (TPSA) is 74.8 Å². The first-order chi connectivity index (χ1) is 17.7. The summed E-state index contributed by atoms with van der Waals surface area (Å²) in [7, 11) is 0. The van der Waals surface area contributed by atoms with Gasteiger partial charge < -0.3 is 15.0 Å². The van der Waals surface area contributed by atoms with Gasteiger partial charge in [-0.3, -0.25) is 9.69 Å². The molecule has 4 rings (SSSR count). The highest BCUT2D eigenvalue weighted by atomic mass is 32.1. The highest BCUT2D eigenvalue weighted by Crippen LogP contribution is 2.36. The third-order valence-corrected chi connectivity index (χ3v) is 6.71. The summed E-state index contributed by atoms with van der Waals surface area (Å²) in [5.41, 5.74) is 0.570. The summed E-state index contributed by atoms with van der Waals surface area (Å²) in [4.78, 5) is 33.2. The number of benzene rings is 1. The van der Waals surface area contributed by atoms with Crippen LogP contribution in [0.3, 0.4) is 0 Å². The largest absolute Gasteiger partial charge is 0.462 e. The van der Waals surface area contributed by atoms with Crippen molar-refractivity contribution in [1.29, 1.82) is 0 Å². The lowest BCUT2D eigenvalue weighted by Gasteiger charge is -2.35. The maximum atomic E-state index is 13.4. The lowest BCUT2D eigenvalue weighted by Crippen LogP contribution is -2.49. The summed E-state index contributed by atoms with van der Waals surface area (Å²) in [6.07, 6.45) is -3.62. The monoisotopic (exact) mass is 536 g/mol. The number of carbonyl (C=O) groups excluding carboxylic acids is 2. The molecule has 1 aliphatic rings. The predicted octanol–water partition coefficient (Wildman–Crippen LogP) is 4.91. The van der Waals surface area contributed by atoms with Gasteiger partial charge in [-0.1, -0.05) is 12.1 Å². The van der Waals surface area contributed by atoms with Crippen molar-refractivity contribution in [2.24, 2.45) is 0 Å². The van der Waals surface area contributed by atoms with E-state index in [2.05, 4.69) is 10.3 Å². The van der Waals surface area contributed by atoms with Crippen molar-refractivity contribution in [2.75, 3.05) is 49.5 Å². The second-order valence-electron chi connectivity index (χ2n) is 8.30. The molecule has 0 unspecified atom stereocenters. The van der Waals surface area contributed by atoms with E-state index in [1.807, 2.05) is 9.80 Å². The average Bonchev–Trinajstić information content (AvgIpc) is 3.28. The van der Waals surface area contributed by atoms with Crippen LogP contribution in [0.5, 0.6) is 0 Å². The van der Waals surface area contributed by atoms with E-state index in [1.165, 1.54) is 29.5 Å². The molecule has 3 heterocycles. The Hall–Kier alpha value is -3.51. The fourth-order valence-corrected chi connectivity index (χ4v) is 4.92. The van der Waals surface area contributed by atoms with Gasteiger partial charge in [-0.25, -0.2) is 14.2 Å². The van der Waals surface area contributed by atoms with Crippen LogP contribution in [0.15, 0.2) is 48.0 Å². The van der Waals surface area contributed by atoms with Gasteiger partial charge in [0.2, 0.25) is 5.91 Å². The second kappa shape index (κ2) is 11.3. The predicted molar refractivity (Wildman–Crippen MR) is 132 cm³/mol. The number of halogens is 4. The number of rotatable bonds is 7. The molecule has 0 bridgehead atoms. The number of anilines is 2. The van der Waals surface area contributed by atoms with Crippen LogP contribution >= 0.6 is 11.3 Å². The van der Waals surface area contributed by atoms with E-state index in [-0.39, 0.29) is 24.6 Å². The normalized spacial score (nSPS) is 14.5. The van der Waals surface area contributed by atoms with Crippen molar-refractivity contribution in [2.45, 2.75) is 13.1 Å². The molecule has 1 aromatic carbocycles. The number of amides is 1. The lowest BCUT2D eigenvalue weighted by molar-refractivity contribution is -0.137. The Bertz CT molecular complexity index is 1240. The first-order valence-electron chi connectivity index (χ1n) is 11.5. The van der Waals surface area contributed by atoms with E-state index < -0.39 is 23.5 Å². The van der Waals surface area contributed by atoms with Gasteiger partial charge in [-0.15, -0.1) is 11.3 Å². The van der Waals surface area contributed by atoms with Crippen LogP contribution in [-0.2, 0) is 15.7 Å². The first kappa shape index (κ1) is 26.6. The van der Waals surface area contributed by atoms with Gasteiger partial charge in [0.15, 0.2) is 0 Å². The third-order valence-electron chi connectivity index (χ3n) is 5.82. The minimum Gasteiger partial charge on any atom is -0.462 e. The van der Waals surface area contributed by atoms with E-state index in [9.17, 15) is 27.2 Å². The molecule has 0 aliphatic carbocycles. The van der Waals surface area contributed by atoms with E-state index in [4.69, 9.17) is 4.74 Å². The van der Waals surface area contributed by atoms with Crippen LogP contribution in [0.2, 0.25) is 0 Å². The Kier molecular flexibility index (Phi) is 8.08. The van der Waals surface area contributed by atoms with E-state index in [0.717, 1.165) is 12.3 Å². The third kappa shape index (κ3) is 6.44. The van der Waals surface area contributed by atoms with Crippen LogP contribution in [0.4, 0.5) is 28.4 Å². The number of ether oxygens (including phenoxy) is 1. The summed E-state index contributed by atoms with van der Waals surface area (Å²) in [5.74, 6) is -0.863. The fraction of sp³-hybridized carbons (Fsp3) is 0.320. The molecule has 1 amide bonds. The molecule has 0 radical (unpaired) electrons. The first-order valence-corrected chi connectivity index (χ1v) is 12.4. The molecule has 1 aliphatic heterocycles. The molecule has 3 aromatic rings. The van der Waals surface area contributed by atoms with E-state index >= 15 is 0 Å². The van der Waals surface area contributed by atoms with Crippen LogP contribution in [0.25, 0.3) is 11.1 Å². The van der Waals surface area contributed by atoms with Crippen molar-refractivity contribution in [1.82, 2.24) is 9.88 Å². The number of esters is 1. The molecule has 7 nitrogen and oxygen atoms in total. The van der Waals surface area contributed by atoms with Gasteiger partial charge in [0, 0.05) is 43.3 Å². The Labute approximate surface area is 214 Å². The molecule has 196 valence electrons. The summed E-state index contributed by atoms with van der Waals surface area (Å²) in [5, 5.41) is 4.85. The maximum absolute atomic E-state index is 13.4. The maximum Gasteiger partial charge on any atom is 0.417 e. The highest BCUT2D eigenvalue weighted by Gasteiger charge is 2.31. The van der Waals surface area contributed by atoms with Crippen molar-refractivity contribution in [3.8, 4) is 11.1 Å². The van der Waals surface area contributed by atoms with Crippen molar-refractivity contribution < 1.29 is 31.9 Å². The molecule has 2 aromatic heterocycles. The molecule has 1 fully saturated rings. The highest BCUT2D eigenvalue weighted by molar-refractivity contribution is 7.15. The van der Waals surface area contributed by atoms with E-state index in [0.29, 0.717) is 48.1 Å². The molecule has 0 spiro atoms. The van der Waals surface area contributed by atoms with Gasteiger partial charge in [0.1, 0.15) is 22.2 Å². The van der Waals surface area contributed by atoms with Gasteiger partial charge >= 0.3 is 12.1 Å². The molecular weight excluding hydrogens is 512 g/mol. The Morgan fingerprint density at radius 1 is 1.08 bits per heavy atom. The van der Waals surface area contributed by atoms with Gasteiger partial charge in [-0.2, -0.15) is 13.2 Å². The lowest BCUT2D eigenvalue weighted by atomic mass is 10.0. The van der Waals surface area contributed by atoms with Crippen LogP contribution in [0, 0.1) is 5.82 Å². The fourth-order valence-electron chi connectivity index (χ4n) is 3.94. The van der Waals surface area contributed by atoms with Crippen molar-refractivity contribution >= 4 is 34.0 Å². The molecule has 0 saturated carbocycles. The molecule has 37 heavy (non-hydrogen) atoms. The number of carbonyl (C=O) groups is 2.